The normalized spacial score (nSPS) is 10.4. The minimum absolute atomic E-state index is 0.536. The van der Waals surface area contributed by atoms with Gasteiger partial charge in [-0.2, -0.15) is 4.98 Å². The molecule has 0 radical (unpaired) electrons. The van der Waals surface area contributed by atoms with Crippen LogP contribution in [0.1, 0.15) is 18.1 Å². The van der Waals surface area contributed by atoms with E-state index in [1.807, 2.05) is 18.9 Å². The molecule has 1 aromatic heterocycles. The first-order chi connectivity index (χ1) is 9.52. The summed E-state index contributed by atoms with van der Waals surface area (Å²) in [5.74, 6) is 1.29. The Bertz CT molecular complexity index is 613. The molecule has 1 N–H and O–H groups in total. The Morgan fingerprint density at radius 3 is 2.70 bits per heavy atom. The summed E-state index contributed by atoms with van der Waals surface area (Å²) < 4.78 is 0. The van der Waals surface area contributed by atoms with Crippen LogP contribution in [0.4, 0.5) is 17.5 Å². The van der Waals surface area contributed by atoms with E-state index in [0.717, 1.165) is 12.2 Å². The predicted molar refractivity (Wildman–Crippen MR) is 85.2 cm³/mol. The molecule has 20 heavy (non-hydrogen) atoms. The molecule has 4 nitrogen and oxygen atoms in total. The lowest BCUT2D eigenvalue weighted by Gasteiger charge is -2.22. The molecule has 0 atom stereocenters. The Morgan fingerprint density at radius 2 is 2.05 bits per heavy atom. The number of nitrogens with one attached hydrogen (secondary N) is 1. The summed E-state index contributed by atoms with van der Waals surface area (Å²) in [6.07, 6.45) is 1.63. The SMILES string of the molecule is CCNc1ncc(Cl)c(N(C)c2ccc(C)cc2C)n1. The number of rotatable bonds is 4. The van der Waals surface area contributed by atoms with Crippen LogP contribution in [0.5, 0.6) is 0 Å². The average Bonchev–Trinajstić information content (AvgIpc) is 2.40. The van der Waals surface area contributed by atoms with Crippen LogP contribution in [0, 0.1) is 13.8 Å². The molecule has 0 aliphatic rings. The third-order valence-corrected chi connectivity index (χ3v) is 3.36. The molecule has 0 aliphatic heterocycles. The monoisotopic (exact) mass is 290 g/mol. The van der Waals surface area contributed by atoms with Gasteiger partial charge in [-0.25, -0.2) is 4.98 Å². The molecule has 1 heterocycles. The number of hydrogen-bond donors (Lipinski definition) is 1. The highest BCUT2D eigenvalue weighted by atomic mass is 35.5. The zero-order chi connectivity index (χ0) is 14.7. The van der Waals surface area contributed by atoms with E-state index in [-0.39, 0.29) is 0 Å². The first-order valence-electron chi connectivity index (χ1n) is 6.60. The highest BCUT2D eigenvalue weighted by Crippen LogP contribution is 2.31. The molecule has 0 bridgehead atoms. The van der Waals surface area contributed by atoms with E-state index < -0.39 is 0 Å². The number of nitrogens with zero attached hydrogens (tertiary/aromatic N) is 3. The molecule has 0 amide bonds. The van der Waals surface area contributed by atoms with Crippen molar-refractivity contribution >= 4 is 29.1 Å². The molecule has 5 heteroatoms. The third-order valence-electron chi connectivity index (χ3n) is 3.09. The minimum Gasteiger partial charge on any atom is -0.354 e. The molecule has 0 fully saturated rings. The third kappa shape index (κ3) is 3.02. The van der Waals surface area contributed by atoms with Gasteiger partial charge in [-0.1, -0.05) is 29.3 Å². The van der Waals surface area contributed by atoms with Gasteiger partial charge in [0.25, 0.3) is 0 Å². The van der Waals surface area contributed by atoms with Crippen LogP contribution >= 0.6 is 11.6 Å². The van der Waals surface area contributed by atoms with Gasteiger partial charge in [0.1, 0.15) is 5.02 Å². The Hall–Kier alpha value is -1.81. The Labute approximate surface area is 124 Å². The summed E-state index contributed by atoms with van der Waals surface area (Å²) in [7, 11) is 1.96. The number of benzene rings is 1. The molecule has 2 rings (SSSR count). The second-order valence-corrected chi connectivity index (χ2v) is 5.15. The van der Waals surface area contributed by atoms with Gasteiger partial charge in [0.15, 0.2) is 5.82 Å². The van der Waals surface area contributed by atoms with Gasteiger partial charge in [-0.3, -0.25) is 0 Å². The quantitative estimate of drug-likeness (QED) is 0.926. The van der Waals surface area contributed by atoms with E-state index in [0.29, 0.717) is 16.8 Å². The van der Waals surface area contributed by atoms with Crippen LogP contribution in [0.25, 0.3) is 0 Å². The minimum atomic E-state index is 0.536. The summed E-state index contributed by atoms with van der Waals surface area (Å²) in [4.78, 5) is 10.6. The van der Waals surface area contributed by atoms with Gasteiger partial charge in [0.05, 0.1) is 6.20 Å². The van der Waals surface area contributed by atoms with E-state index in [2.05, 4.69) is 47.3 Å². The predicted octanol–water partition coefficient (Wildman–Crippen LogP) is 3.95. The van der Waals surface area contributed by atoms with Gasteiger partial charge in [0.2, 0.25) is 5.95 Å². The molecule has 0 aliphatic carbocycles. The second kappa shape index (κ2) is 6.09. The number of anilines is 3. The maximum atomic E-state index is 6.23. The highest BCUT2D eigenvalue weighted by Gasteiger charge is 2.13. The van der Waals surface area contributed by atoms with Crippen molar-refractivity contribution in [2.45, 2.75) is 20.8 Å². The van der Waals surface area contributed by atoms with Crippen molar-refractivity contribution in [1.29, 1.82) is 0 Å². The molecule has 1 aromatic carbocycles. The first kappa shape index (κ1) is 14.6. The summed E-state index contributed by atoms with van der Waals surface area (Å²) in [5.41, 5.74) is 3.51. The van der Waals surface area contributed by atoms with Crippen molar-refractivity contribution in [3.8, 4) is 0 Å². The van der Waals surface area contributed by atoms with E-state index in [1.165, 1.54) is 11.1 Å². The van der Waals surface area contributed by atoms with Crippen LogP contribution in [0.2, 0.25) is 5.02 Å². The Kier molecular flexibility index (Phi) is 4.45. The van der Waals surface area contributed by atoms with E-state index >= 15 is 0 Å². The van der Waals surface area contributed by atoms with Crippen molar-refractivity contribution in [3.05, 3.63) is 40.5 Å². The fourth-order valence-electron chi connectivity index (χ4n) is 2.13. The maximum absolute atomic E-state index is 6.23. The molecule has 0 saturated heterocycles. The van der Waals surface area contributed by atoms with Gasteiger partial charge in [-0.15, -0.1) is 0 Å². The lowest BCUT2D eigenvalue weighted by molar-refractivity contribution is 1.04. The summed E-state index contributed by atoms with van der Waals surface area (Å²) in [5, 5.41) is 3.63. The zero-order valence-corrected chi connectivity index (χ0v) is 13.0. The number of aryl methyl sites for hydroxylation is 2. The molecular formula is C15H19ClN4. The Morgan fingerprint density at radius 1 is 1.30 bits per heavy atom. The highest BCUT2D eigenvalue weighted by molar-refractivity contribution is 6.33. The van der Waals surface area contributed by atoms with Gasteiger partial charge in [0, 0.05) is 19.3 Å². The fourth-order valence-corrected chi connectivity index (χ4v) is 2.35. The van der Waals surface area contributed by atoms with Crippen LogP contribution < -0.4 is 10.2 Å². The van der Waals surface area contributed by atoms with Crippen molar-refractivity contribution in [3.63, 3.8) is 0 Å². The summed E-state index contributed by atoms with van der Waals surface area (Å²) in [6, 6.07) is 6.31. The lowest BCUT2D eigenvalue weighted by atomic mass is 10.1. The van der Waals surface area contributed by atoms with E-state index in [1.54, 1.807) is 6.20 Å². The van der Waals surface area contributed by atoms with Crippen molar-refractivity contribution < 1.29 is 0 Å². The van der Waals surface area contributed by atoms with Crippen molar-refractivity contribution in [2.24, 2.45) is 0 Å². The van der Waals surface area contributed by atoms with Crippen LogP contribution in [0.15, 0.2) is 24.4 Å². The van der Waals surface area contributed by atoms with Crippen LogP contribution in [0.3, 0.4) is 0 Å². The fraction of sp³-hybridized carbons (Fsp3) is 0.333. The number of hydrogen-bond acceptors (Lipinski definition) is 4. The summed E-state index contributed by atoms with van der Waals surface area (Å²) >= 11 is 6.23. The topological polar surface area (TPSA) is 41.1 Å². The smallest absolute Gasteiger partial charge is 0.224 e. The molecular weight excluding hydrogens is 272 g/mol. The standard InChI is InChI=1S/C15H19ClN4/c1-5-17-15-18-9-12(16)14(19-15)20(4)13-7-6-10(2)8-11(13)3/h6-9H,5H2,1-4H3,(H,17,18,19). The molecule has 2 aromatic rings. The van der Waals surface area contributed by atoms with Crippen LogP contribution in [-0.2, 0) is 0 Å². The van der Waals surface area contributed by atoms with Gasteiger partial charge in [-0.05, 0) is 32.4 Å². The lowest BCUT2D eigenvalue weighted by Crippen LogP contribution is -2.15. The van der Waals surface area contributed by atoms with Gasteiger partial charge < -0.3 is 10.2 Å². The van der Waals surface area contributed by atoms with Crippen molar-refractivity contribution in [1.82, 2.24) is 9.97 Å². The summed E-state index contributed by atoms with van der Waals surface area (Å²) in [6.45, 7) is 6.94. The Balaban J connectivity index is 2.41. The van der Waals surface area contributed by atoms with Gasteiger partial charge >= 0.3 is 0 Å². The molecule has 0 saturated carbocycles. The van der Waals surface area contributed by atoms with Crippen LogP contribution in [-0.4, -0.2) is 23.6 Å². The first-order valence-corrected chi connectivity index (χ1v) is 6.98. The molecule has 0 unspecified atom stereocenters. The van der Waals surface area contributed by atoms with Crippen molar-refractivity contribution in [2.75, 3.05) is 23.8 Å². The van der Waals surface area contributed by atoms with E-state index in [9.17, 15) is 0 Å². The average molecular weight is 291 g/mol. The largest absolute Gasteiger partial charge is 0.354 e. The number of aromatic nitrogens is 2. The second-order valence-electron chi connectivity index (χ2n) is 4.74. The van der Waals surface area contributed by atoms with E-state index in [4.69, 9.17) is 11.6 Å². The molecule has 0 spiro atoms. The molecule has 106 valence electrons. The number of halogens is 1. The zero-order valence-electron chi connectivity index (χ0n) is 12.2. The maximum Gasteiger partial charge on any atom is 0.224 e.